The number of hydrogen-bond acceptors (Lipinski definition) is 2. The number of anilines is 1. The van der Waals surface area contributed by atoms with Crippen LogP contribution in [0, 0.1) is 13.8 Å². The summed E-state index contributed by atoms with van der Waals surface area (Å²) in [6.45, 7) is 5.31. The summed E-state index contributed by atoms with van der Waals surface area (Å²) in [5, 5.41) is 3.51. The van der Waals surface area contributed by atoms with Crippen LogP contribution in [0.15, 0.2) is 12.1 Å². The molecule has 1 aliphatic rings. The van der Waals surface area contributed by atoms with Crippen LogP contribution in [0.1, 0.15) is 35.6 Å². The molecule has 0 radical (unpaired) electrons. The number of hydrogen-bond donors (Lipinski definition) is 2. The molecule has 1 fully saturated rings. The van der Waals surface area contributed by atoms with Gasteiger partial charge in [0.15, 0.2) is 0 Å². The van der Waals surface area contributed by atoms with E-state index in [0.29, 0.717) is 6.04 Å². The molecule has 76 valence electrons. The van der Waals surface area contributed by atoms with Crippen LogP contribution in [-0.4, -0.2) is 6.54 Å². The second-order valence-corrected chi connectivity index (χ2v) is 4.22. The molecular formula is C12H18N2. The Hall–Kier alpha value is -1.02. The summed E-state index contributed by atoms with van der Waals surface area (Å²) in [4.78, 5) is 0. The first kappa shape index (κ1) is 9.53. The van der Waals surface area contributed by atoms with Crippen molar-refractivity contribution in [2.24, 2.45) is 0 Å². The molecule has 1 saturated heterocycles. The molecule has 1 atom stereocenters. The number of aryl methyl sites for hydroxylation is 2. The first-order valence-corrected chi connectivity index (χ1v) is 5.28. The molecule has 0 aromatic heterocycles. The summed E-state index contributed by atoms with van der Waals surface area (Å²) in [6.07, 6.45) is 2.54. The van der Waals surface area contributed by atoms with E-state index in [1.807, 2.05) is 0 Å². The van der Waals surface area contributed by atoms with Crippen molar-refractivity contribution in [1.82, 2.24) is 5.32 Å². The minimum absolute atomic E-state index is 0.549. The molecule has 0 bridgehead atoms. The Bertz CT molecular complexity index is 315. The highest BCUT2D eigenvalue weighted by atomic mass is 14.9. The van der Waals surface area contributed by atoms with Crippen LogP contribution in [0.3, 0.4) is 0 Å². The van der Waals surface area contributed by atoms with Gasteiger partial charge in [0, 0.05) is 11.7 Å². The molecule has 0 aliphatic carbocycles. The maximum absolute atomic E-state index is 5.93. The van der Waals surface area contributed by atoms with E-state index in [1.165, 1.54) is 29.5 Å². The molecule has 1 aromatic carbocycles. The van der Waals surface area contributed by atoms with Gasteiger partial charge in [-0.2, -0.15) is 0 Å². The summed E-state index contributed by atoms with van der Waals surface area (Å²) in [5.41, 5.74) is 10.7. The van der Waals surface area contributed by atoms with Gasteiger partial charge in [0.05, 0.1) is 0 Å². The lowest BCUT2D eigenvalue weighted by Gasteiger charge is -2.14. The third-order valence-electron chi connectivity index (χ3n) is 3.08. The van der Waals surface area contributed by atoms with E-state index >= 15 is 0 Å². The molecule has 0 amide bonds. The van der Waals surface area contributed by atoms with Crippen LogP contribution < -0.4 is 11.1 Å². The highest BCUT2D eigenvalue weighted by Gasteiger charge is 2.16. The lowest BCUT2D eigenvalue weighted by Crippen LogP contribution is -2.13. The molecule has 0 unspecified atom stereocenters. The summed E-state index contributed by atoms with van der Waals surface area (Å²) in [7, 11) is 0. The largest absolute Gasteiger partial charge is 0.398 e. The number of benzene rings is 1. The lowest BCUT2D eigenvalue weighted by molar-refractivity contribution is 0.647. The second kappa shape index (κ2) is 3.62. The third kappa shape index (κ3) is 1.62. The Kier molecular flexibility index (Phi) is 2.46. The van der Waals surface area contributed by atoms with Crippen molar-refractivity contribution in [3.8, 4) is 0 Å². The first-order chi connectivity index (χ1) is 6.68. The summed E-state index contributed by atoms with van der Waals surface area (Å²) >= 11 is 0. The summed E-state index contributed by atoms with van der Waals surface area (Å²) in [5.74, 6) is 0. The molecule has 1 heterocycles. The molecule has 2 nitrogen and oxygen atoms in total. The normalized spacial score (nSPS) is 21.4. The number of rotatable bonds is 1. The molecule has 2 heteroatoms. The summed E-state index contributed by atoms with van der Waals surface area (Å²) in [6, 6.07) is 4.98. The van der Waals surface area contributed by atoms with Crippen LogP contribution >= 0.6 is 0 Å². The van der Waals surface area contributed by atoms with Crippen molar-refractivity contribution in [3.63, 3.8) is 0 Å². The monoisotopic (exact) mass is 190 g/mol. The Labute approximate surface area is 85.5 Å². The predicted molar refractivity (Wildman–Crippen MR) is 60.3 cm³/mol. The number of nitrogen functional groups attached to an aromatic ring is 1. The van der Waals surface area contributed by atoms with E-state index in [9.17, 15) is 0 Å². The minimum atomic E-state index is 0.549. The van der Waals surface area contributed by atoms with Crippen LogP contribution in [0.5, 0.6) is 0 Å². The fraction of sp³-hybridized carbons (Fsp3) is 0.500. The van der Waals surface area contributed by atoms with Gasteiger partial charge in [-0.1, -0.05) is 12.1 Å². The van der Waals surface area contributed by atoms with Crippen molar-refractivity contribution < 1.29 is 0 Å². The maximum atomic E-state index is 5.93. The van der Waals surface area contributed by atoms with E-state index in [-0.39, 0.29) is 0 Å². The van der Waals surface area contributed by atoms with Gasteiger partial charge in [0.2, 0.25) is 0 Å². The molecule has 1 aromatic rings. The average molecular weight is 190 g/mol. The zero-order valence-corrected chi connectivity index (χ0v) is 8.93. The number of nitrogens with two attached hydrogens (primary N) is 1. The topological polar surface area (TPSA) is 38.0 Å². The molecule has 3 N–H and O–H groups in total. The maximum Gasteiger partial charge on any atom is 0.0373 e. The fourth-order valence-electron chi connectivity index (χ4n) is 2.18. The Morgan fingerprint density at radius 1 is 1.29 bits per heavy atom. The van der Waals surface area contributed by atoms with Gasteiger partial charge in [-0.05, 0) is 49.9 Å². The van der Waals surface area contributed by atoms with E-state index in [1.54, 1.807) is 0 Å². The van der Waals surface area contributed by atoms with E-state index < -0.39 is 0 Å². The Morgan fingerprint density at radius 3 is 2.43 bits per heavy atom. The van der Waals surface area contributed by atoms with Gasteiger partial charge < -0.3 is 11.1 Å². The zero-order chi connectivity index (χ0) is 10.1. The smallest absolute Gasteiger partial charge is 0.0373 e. The van der Waals surface area contributed by atoms with Crippen LogP contribution in [0.25, 0.3) is 0 Å². The highest BCUT2D eigenvalue weighted by molar-refractivity contribution is 5.54. The molecule has 2 rings (SSSR count). The van der Waals surface area contributed by atoms with Crippen molar-refractivity contribution in [2.75, 3.05) is 12.3 Å². The SMILES string of the molecule is Cc1cc([C@@H]2CCCN2)cc(C)c1N. The highest BCUT2D eigenvalue weighted by Crippen LogP contribution is 2.27. The molecule has 1 aliphatic heterocycles. The standard InChI is InChI=1S/C12H18N2/c1-8-6-10(7-9(2)12(8)13)11-4-3-5-14-11/h6-7,11,14H,3-5,13H2,1-2H3/t11-/m0/s1. The van der Waals surface area contributed by atoms with Crippen LogP contribution in [-0.2, 0) is 0 Å². The Balaban J connectivity index is 2.34. The average Bonchev–Trinajstić information content (AvgIpc) is 2.66. The van der Waals surface area contributed by atoms with E-state index in [2.05, 4.69) is 31.3 Å². The van der Waals surface area contributed by atoms with Gasteiger partial charge in [-0.25, -0.2) is 0 Å². The predicted octanol–water partition coefficient (Wildman–Crippen LogP) is 2.31. The molecule has 14 heavy (non-hydrogen) atoms. The van der Waals surface area contributed by atoms with Crippen LogP contribution in [0.2, 0.25) is 0 Å². The zero-order valence-electron chi connectivity index (χ0n) is 8.93. The fourth-order valence-corrected chi connectivity index (χ4v) is 2.18. The minimum Gasteiger partial charge on any atom is -0.398 e. The molecule has 0 spiro atoms. The number of nitrogens with one attached hydrogen (secondary N) is 1. The van der Waals surface area contributed by atoms with Crippen molar-refractivity contribution in [3.05, 3.63) is 28.8 Å². The van der Waals surface area contributed by atoms with Crippen molar-refractivity contribution >= 4 is 5.69 Å². The molecule has 0 saturated carbocycles. The lowest BCUT2D eigenvalue weighted by atomic mass is 9.99. The summed E-state index contributed by atoms with van der Waals surface area (Å²) < 4.78 is 0. The Morgan fingerprint density at radius 2 is 1.93 bits per heavy atom. The van der Waals surface area contributed by atoms with Crippen molar-refractivity contribution in [2.45, 2.75) is 32.7 Å². The van der Waals surface area contributed by atoms with Gasteiger partial charge in [0.25, 0.3) is 0 Å². The van der Waals surface area contributed by atoms with E-state index in [4.69, 9.17) is 5.73 Å². The van der Waals surface area contributed by atoms with Gasteiger partial charge in [-0.3, -0.25) is 0 Å². The quantitative estimate of drug-likeness (QED) is 0.667. The molecular weight excluding hydrogens is 172 g/mol. The third-order valence-corrected chi connectivity index (χ3v) is 3.08. The van der Waals surface area contributed by atoms with Gasteiger partial charge >= 0.3 is 0 Å². The van der Waals surface area contributed by atoms with Gasteiger partial charge in [0.1, 0.15) is 0 Å². The van der Waals surface area contributed by atoms with E-state index in [0.717, 1.165) is 12.2 Å². The van der Waals surface area contributed by atoms with Gasteiger partial charge in [-0.15, -0.1) is 0 Å². The first-order valence-electron chi connectivity index (χ1n) is 5.28. The van der Waals surface area contributed by atoms with Crippen LogP contribution in [0.4, 0.5) is 5.69 Å². The van der Waals surface area contributed by atoms with Crippen molar-refractivity contribution in [1.29, 1.82) is 0 Å². The second-order valence-electron chi connectivity index (χ2n) is 4.22.